The molecule has 0 saturated carbocycles. The number of benzene rings is 2. The van der Waals surface area contributed by atoms with E-state index in [-0.39, 0.29) is 27.0 Å². The number of non-ortho nitro benzene ring substituents is 1. The fourth-order valence-electron chi connectivity index (χ4n) is 2.92. The lowest BCUT2D eigenvalue weighted by Crippen LogP contribution is -2.14. The molecule has 0 saturated heterocycles. The molecule has 2 aromatic heterocycles. The summed E-state index contributed by atoms with van der Waals surface area (Å²) in [5.74, 6) is -0.700. The van der Waals surface area contributed by atoms with Crippen LogP contribution >= 0.6 is 22.7 Å². The number of anilines is 2. The van der Waals surface area contributed by atoms with E-state index >= 15 is 0 Å². The second kappa shape index (κ2) is 10.4. The third kappa shape index (κ3) is 5.78. The molecule has 2 aromatic carbocycles. The highest BCUT2D eigenvalue weighted by molar-refractivity contribution is 7.92. The number of hydrogen-bond acceptors (Lipinski definition) is 10. The number of thiophene rings is 1. The van der Waals surface area contributed by atoms with Gasteiger partial charge in [0.1, 0.15) is 11.6 Å². The molecule has 0 unspecified atom stereocenters. The molecule has 11 nitrogen and oxygen atoms in total. The normalized spacial score (nSPS) is 11.5. The molecule has 0 fully saturated rings. The molecule has 1 amide bonds. The summed E-state index contributed by atoms with van der Waals surface area (Å²) in [7, 11) is -4.13. The minimum Gasteiger partial charge on any atom is -0.296 e. The van der Waals surface area contributed by atoms with Gasteiger partial charge in [-0.2, -0.15) is 5.26 Å². The van der Waals surface area contributed by atoms with Crippen molar-refractivity contribution in [1.82, 2.24) is 10.2 Å². The summed E-state index contributed by atoms with van der Waals surface area (Å²) in [6.07, 6.45) is 1.29. The number of amides is 1. The Labute approximate surface area is 212 Å². The molecule has 0 aliphatic carbocycles. The zero-order valence-electron chi connectivity index (χ0n) is 18.0. The van der Waals surface area contributed by atoms with E-state index in [1.165, 1.54) is 53.8 Å². The number of aromatic nitrogens is 2. The van der Waals surface area contributed by atoms with Gasteiger partial charge in [0.05, 0.1) is 14.7 Å². The molecule has 4 aromatic rings. The number of nitro benzene ring substituents is 1. The lowest BCUT2D eigenvalue weighted by Gasteiger charge is -2.09. The Morgan fingerprint density at radius 1 is 1.11 bits per heavy atom. The predicted molar refractivity (Wildman–Crippen MR) is 136 cm³/mol. The monoisotopic (exact) mass is 538 g/mol. The number of carbonyl (C=O) groups is 1. The molecule has 14 heteroatoms. The van der Waals surface area contributed by atoms with Gasteiger partial charge in [-0.05, 0) is 41.3 Å². The Balaban J connectivity index is 1.51. The number of sulfonamides is 1. The van der Waals surface area contributed by atoms with Crippen molar-refractivity contribution in [1.29, 1.82) is 5.26 Å². The van der Waals surface area contributed by atoms with E-state index in [1.807, 2.05) is 23.6 Å². The molecule has 2 N–H and O–H groups in total. The number of nitrogens with one attached hydrogen (secondary N) is 2. The van der Waals surface area contributed by atoms with Crippen LogP contribution in [0.15, 0.2) is 76.5 Å². The SMILES string of the molecule is N#C/C(=C\c1cccc(NS(=O)(=O)c2cccc([N+](=O)[O-])c2)c1)C(=O)Nc1nnc(-c2cccs2)s1. The molecule has 36 heavy (non-hydrogen) atoms. The number of nitrogens with zero attached hydrogens (tertiary/aromatic N) is 4. The summed E-state index contributed by atoms with van der Waals surface area (Å²) in [4.78, 5) is 23.5. The fraction of sp³-hybridized carbons (Fsp3) is 0. The van der Waals surface area contributed by atoms with Gasteiger partial charge in [0.2, 0.25) is 5.13 Å². The highest BCUT2D eigenvalue weighted by atomic mass is 32.2. The molecule has 0 radical (unpaired) electrons. The van der Waals surface area contributed by atoms with Crippen LogP contribution in [-0.2, 0) is 14.8 Å². The van der Waals surface area contributed by atoms with E-state index in [9.17, 15) is 28.6 Å². The third-order valence-electron chi connectivity index (χ3n) is 4.53. The van der Waals surface area contributed by atoms with Gasteiger partial charge in [-0.3, -0.25) is 24.9 Å². The molecule has 0 atom stereocenters. The minimum absolute atomic E-state index is 0.137. The Morgan fingerprint density at radius 2 is 1.92 bits per heavy atom. The lowest BCUT2D eigenvalue weighted by molar-refractivity contribution is -0.385. The summed E-state index contributed by atoms with van der Waals surface area (Å²) < 4.78 is 27.7. The maximum atomic E-state index is 12.7. The van der Waals surface area contributed by atoms with Crippen LogP contribution in [0.4, 0.5) is 16.5 Å². The molecule has 0 bridgehead atoms. The van der Waals surface area contributed by atoms with Crippen molar-refractivity contribution in [3.05, 3.63) is 87.3 Å². The molecular weight excluding hydrogens is 524 g/mol. The number of hydrogen-bond donors (Lipinski definition) is 2. The first-order chi connectivity index (χ1) is 17.2. The Morgan fingerprint density at radius 3 is 2.64 bits per heavy atom. The number of nitro groups is 1. The zero-order valence-corrected chi connectivity index (χ0v) is 20.4. The molecule has 180 valence electrons. The van der Waals surface area contributed by atoms with Crippen LogP contribution < -0.4 is 10.0 Å². The van der Waals surface area contributed by atoms with Crippen LogP contribution in [0.25, 0.3) is 16.0 Å². The third-order valence-corrected chi connectivity index (χ3v) is 7.79. The van der Waals surface area contributed by atoms with Crippen molar-refractivity contribution in [2.75, 3.05) is 10.0 Å². The molecule has 0 spiro atoms. The first-order valence-corrected chi connectivity index (χ1v) is 13.1. The second-order valence-electron chi connectivity index (χ2n) is 7.00. The Hall–Kier alpha value is -4.45. The van der Waals surface area contributed by atoms with E-state index in [0.29, 0.717) is 10.6 Å². The maximum Gasteiger partial charge on any atom is 0.270 e. The van der Waals surface area contributed by atoms with Gasteiger partial charge in [-0.1, -0.05) is 35.6 Å². The lowest BCUT2D eigenvalue weighted by atomic mass is 10.1. The van der Waals surface area contributed by atoms with Gasteiger partial charge >= 0.3 is 0 Å². The molecule has 0 aliphatic rings. The van der Waals surface area contributed by atoms with Crippen LogP contribution in [0.2, 0.25) is 0 Å². The van der Waals surface area contributed by atoms with E-state index in [2.05, 4.69) is 20.2 Å². The van der Waals surface area contributed by atoms with E-state index in [0.717, 1.165) is 22.3 Å². The summed E-state index contributed by atoms with van der Waals surface area (Å²) in [5, 5.41) is 33.7. The number of rotatable bonds is 8. The average molecular weight is 539 g/mol. The first-order valence-electron chi connectivity index (χ1n) is 9.93. The van der Waals surface area contributed by atoms with Crippen molar-refractivity contribution in [2.45, 2.75) is 4.90 Å². The molecule has 4 rings (SSSR count). The van der Waals surface area contributed by atoms with Crippen molar-refractivity contribution < 1.29 is 18.1 Å². The zero-order chi connectivity index (χ0) is 25.7. The highest BCUT2D eigenvalue weighted by Crippen LogP contribution is 2.30. The van der Waals surface area contributed by atoms with Crippen LogP contribution in [0.5, 0.6) is 0 Å². The van der Waals surface area contributed by atoms with Gasteiger partial charge in [-0.25, -0.2) is 8.42 Å². The van der Waals surface area contributed by atoms with Crippen molar-refractivity contribution >= 4 is 61.2 Å². The molecular formula is C22H14N6O5S3. The van der Waals surface area contributed by atoms with Gasteiger partial charge in [-0.15, -0.1) is 21.5 Å². The predicted octanol–water partition coefficient (Wildman–Crippen LogP) is 4.52. The minimum atomic E-state index is -4.13. The van der Waals surface area contributed by atoms with Gasteiger partial charge < -0.3 is 0 Å². The van der Waals surface area contributed by atoms with Crippen molar-refractivity contribution in [3.63, 3.8) is 0 Å². The van der Waals surface area contributed by atoms with Crippen LogP contribution in [0, 0.1) is 21.4 Å². The highest BCUT2D eigenvalue weighted by Gasteiger charge is 2.18. The molecule has 2 heterocycles. The smallest absolute Gasteiger partial charge is 0.270 e. The quantitative estimate of drug-likeness (QED) is 0.143. The topological polar surface area (TPSA) is 168 Å². The maximum absolute atomic E-state index is 12.7. The Kier molecular flexibility index (Phi) is 7.15. The number of carbonyl (C=O) groups excluding carboxylic acids is 1. The Bertz CT molecular complexity index is 1620. The summed E-state index contributed by atoms with van der Waals surface area (Å²) >= 11 is 2.64. The standard InChI is InChI=1S/C22H14N6O5S3/c23-13-15(20(29)24-22-26-25-21(35-22)19-8-3-9-34-19)10-14-4-1-5-16(11-14)27-36(32,33)18-7-2-6-17(12-18)28(30)31/h1-12,27H,(H,24,26,29)/b15-10+. The van der Waals surface area contributed by atoms with E-state index in [4.69, 9.17) is 0 Å². The summed E-state index contributed by atoms with van der Waals surface area (Å²) in [6.45, 7) is 0. The fourth-order valence-corrected chi connectivity index (χ4v) is 5.54. The van der Waals surface area contributed by atoms with Crippen molar-refractivity contribution in [2.24, 2.45) is 0 Å². The average Bonchev–Trinajstić information content (AvgIpc) is 3.55. The first kappa shape index (κ1) is 24.7. The van der Waals surface area contributed by atoms with Crippen LogP contribution in [0.1, 0.15) is 5.56 Å². The van der Waals surface area contributed by atoms with E-state index in [1.54, 1.807) is 6.07 Å². The van der Waals surface area contributed by atoms with Crippen molar-refractivity contribution in [3.8, 4) is 16.0 Å². The second-order valence-corrected chi connectivity index (χ2v) is 10.6. The summed E-state index contributed by atoms with van der Waals surface area (Å²) in [6, 6.07) is 16.2. The molecule has 0 aliphatic heterocycles. The van der Waals surface area contributed by atoms with Gasteiger partial charge in [0, 0.05) is 17.8 Å². The van der Waals surface area contributed by atoms with Crippen LogP contribution in [-0.4, -0.2) is 29.4 Å². The van der Waals surface area contributed by atoms with E-state index < -0.39 is 20.9 Å². The van der Waals surface area contributed by atoms with Gasteiger partial charge in [0.25, 0.3) is 21.6 Å². The van der Waals surface area contributed by atoms with Crippen LogP contribution in [0.3, 0.4) is 0 Å². The summed E-state index contributed by atoms with van der Waals surface area (Å²) in [5.41, 5.74) is -0.0890. The number of nitriles is 1. The largest absolute Gasteiger partial charge is 0.296 e. The van der Waals surface area contributed by atoms with Gasteiger partial charge in [0.15, 0.2) is 5.01 Å².